The fourth-order valence-corrected chi connectivity index (χ4v) is 1.70. The summed E-state index contributed by atoms with van der Waals surface area (Å²) in [6.07, 6.45) is 4.16. The summed E-state index contributed by atoms with van der Waals surface area (Å²) < 4.78 is 5.85. The Morgan fingerprint density at radius 1 is 1.31 bits per heavy atom. The fourth-order valence-electron chi connectivity index (χ4n) is 1.70. The summed E-state index contributed by atoms with van der Waals surface area (Å²) in [6, 6.07) is 0. The maximum Gasteiger partial charge on any atom is 0.235 e. The van der Waals surface area contributed by atoms with Gasteiger partial charge in [0.2, 0.25) is 5.88 Å². The largest absolute Gasteiger partial charge is 0.473 e. The minimum atomic E-state index is 0. The Bertz CT molecular complexity index is 340. The minimum Gasteiger partial charge on any atom is -0.473 e. The lowest BCUT2D eigenvalue weighted by molar-refractivity contribution is 0.153. The van der Waals surface area contributed by atoms with Gasteiger partial charge < -0.3 is 10.1 Å². The van der Waals surface area contributed by atoms with Crippen LogP contribution in [0.4, 0.5) is 0 Å². The maximum atomic E-state index is 5.85. The molecule has 0 radical (unpaired) electrons. The summed E-state index contributed by atoms with van der Waals surface area (Å²) in [5, 5.41) is 3.31. The molecule has 1 fully saturated rings. The van der Waals surface area contributed by atoms with E-state index >= 15 is 0 Å². The Kier molecular flexibility index (Phi) is 4.96. The first kappa shape index (κ1) is 13.2. The fraction of sp³-hybridized carbons (Fsp3) is 0.636. The Morgan fingerprint density at radius 3 is 2.69 bits per heavy atom. The molecule has 5 heteroatoms. The van der Waals surface area contributed by atoms with Gasteiger partial charge in [-0.2, -0.15) is 0 Å². The van der Waals surface area contributed by atoms with E-state index in [-0.39, 0.29) is 12.4 Å². The van der Waals surface area contributed by atoms with Crippen molar-refractivity contribution in [3.63, 3.8) is 0 Å². The number of nitrogens with zero attached hydrogens (tertiary/aromatic N) is 2. The van der Waals surface area contributed by atoms with Crippen LogP contribution in [0.2, 0.25) is 0 Å². The molecule has 4 nitrogen and oxygen atoms in total. The second kappa shape index (κ2) is 6.01. The number of hydrogen-bond donors (Lipinski definition) is 1. The van der Waals surface area contributed by atoms with Crippen LogP contribution in [-0.2, 0) is 0 Å². The molecule has 0 bridgehead atoms. The van der Waals surface area contributed by atoms with Crippen LogP contribution in [0.15, 0.2) is 6.20 Å². The monoisotopic (exact) mass is 243 g/mol. The predicted octanol–water partition coefficient (Wildman–Crippen LogP) is 1.65. The van der Waals surface area contributed by atoms with Crippen LogP contribution in [0.3, 0.4) is 0 Å². The van der Waals surface area contributed by atoms with Crippen molar-refractivity contribution in [1.82, 2.24) is 15.3 Å². The topological polar surface area (TPSA) is 47.0 Å². The molecule has 0 unspecified atom stereocenters. The summed E-state index contributed by atoms with van der Waals surface area (Å²) >= 11 is 0. The van der Waals surface area contributed by atoms with Crippen molar-refractivity contribution in [3.05, 3.63) is 17.6 Å². The molecule has 0 aromatic carbocycles. The molecule has 2 rings (SSSR count). The number of aromatic nitrogens is 2. The average molecular weight is 244 g/mol. The van der Waals surface area contributed by atoms with E-state index in [1.54, 1.807) is 6.20 Å². The molecule has 0 amide bonds. The van der Waals surface area contributed by atoms with E-state index < -0.39 is 0 Å². The highest BCUT2D eigenvalue weighted by Crippen LogP contribution is 2.17. The second-order valence-electron chi connectivity index (χ2n) is 3.97. The maximum absolute atomic E-state index is 5.85. The Labute approximate surface area is 102 Å². The van der Waals surface area contributed by atoms with Gasteiger partial charge in [0.15, 0.2) is 0 Å². The molecule has 1 aromatic heterocycles. The van der Waals surface area contributed by atoms with Crippen LogP contribution in [-0.4, -0.2) is 29.2 Å². The van der Waals surface area contributed by atoms with Crippen LogP contribution >= 0.6 is 12.4 Å². The lowest BCUT2D eigenvalue weighted by Gasteiger charge is -2.23. The van der Waals surface area contributed by atoms with Crippen LogP contribution in [0.5, 0.6) is 5.88 Å². The molecule has 0 aliphatic carbocycles. The van der Waals surface area contributed by atoms with E-state index in [1.807, 2.05) is 13.8 Å². The number of hydrogen-bond acceptors (Lipinski definition) is 4. The van der Waals surface area contributed by atoms with Crippen molar-refractivity contribution in [2.75, 3.05) is 13.1 Å². The Hall–Kier alpha value is -0.870. The van der Waals surface area contributed by atoms with Crippen LogP contribution in [0.1, 0.15) is 24.2 Å². The van der Waals surface area contributed by atoms with E-state index in [9.17, 15) is 0 Å². The summed E-state index contributed by atoms with van der Waals surface area (Å²) in [5.41, 5.74) is 1.78. The molecule has 2 heterocycles. The second-order valence-corrected chi connectivity index (χ2v) is 3.97. The van der Waals surface area contributed by atoms with Gasteiger partial charge in [0.1, 0.15) is 6.10 Å². The zero-order valence-corrected chi connectivity index (χ0v) is 10.5. The third kappa shape index (κ3) is 3.32. The van der Waals surface area contributed by atoms with Crippen molar-refractivity contribution in [3.8, 4) is 5.88 Å². The third-order valence-electron chi connectivity index (χ3n) is 2.60. The van der Waals surface area contributed by atoms with E-state index in [1.165, 1.54) is 0 Å². The molecule has 0 saturated carbocycles. The molecule has 1 aliphatic heterocycles. The van der Waals surface area contributed by atoms with E-state index in [2.05, 4.69) is 15.3 Å². The zero-order chi connectivity index (χ0) is 10.7. The summed E-state index contributed by atoms with van der Waals surface area (Å²) in [6.45, 7) is 5.93. The van der Waals surface area contributed by atoms with Gasteiger partial charge in [0, 0.05) is 6.20 Å². The number of ether oxygens (including phenoxy) is 1. The van der Waals surface area contributed by atoms with Gasteiger partial charge in [-0.3, -0.25) is 4.98 Å². The molecule has 1 aliphatic rings. The zero-order valence-electron chi connectivity index (χ0n) is 9.69. The quantitative estimate of drug-likeness (QED) is 0.858. The Balaban J connectivity index is 0.00000128. The highest BCUT2D eigenvalue weighted by atomic mass is 35.5. The third-order valence-corrected chi connectivity index (χ3v) is 2.60. The molecular formula is C11H18ClN3O. The minimum absolute atomic E-state index is 0. The highest BCUT2D eigenvalue weighted by molar-refractivity contribution is 5.85. The predicted molar refractivity (Wildman–Crippen MR) is 65.3 cm³/mol. The van der Waals surface area contributed by atoms with E-state index in [4.69, 9.17) is 4.74 Å². The average Bonchev–Trinajstić information content (AvgIpc) is 2.25. The standard InChI is InChI=1S/C11H17N3O.ClH/c1-8-7-13-9(2)11(14-8)15-10-3-5-12-6-4-10;/h7,10,12H,3-6H2,1-2H3;1H. The first-order chi connectivity index (χ1) is 7.25. The van der Waals surface area contributed by atoms with Gasteiger partial charge in [0.05, 0.1) is 11.4 Å². The van der Waals surface area contributed by atoms with Gasteiger partial charge in [-0.15, -0.1) is 12.4 Å². The normalized spacial score (nSPS) is 16.6. The summed E-state index contributed by atoms with van der Waals surface area (Å²) in [4.78, 5) is 8.60. The first-order valence-electron chi connectivity index (χ1n) is 5.43. The summed E-state index contributed by atoms with van der Waals surface area (Å²) in [5.74, 6) is 0.696. The lowest BCUT2D eigenvalue weighted by atomic mass is 10.1. The highest BCUT2D eigenvalue weighted by Gasteiger charge is 2.16. The van der Waals surface area contributed by atoms with E-state index in [0.717, 1.165) is 37.3 Å². The molecule has 1 saturated heterocycles. The molecule has 90 valence electrons. The van der Waals surface area contributed by atoms with Gasteiger partial charge in [0.25, 0.3) is 0 Å². The van der Waals surface area contributed by atoms with Crippen LogP contribution < -0.4 is 10.1 Å². The number of nitrogens with one attached hydrogen (secondary N) is 1. The number of rotatable bonds is 2. The lowest BCUT2D eigenvalue weighted by Crippen LogP contribution is -2.34. The summed E-state index contributed by atoms with van der Waals surface area (Å²) in [7, 11) is 0. The van der Waals surface area contributed by atoms with Crippen LogP contribution in [0.25, 0.3) is 0 Å². The Morgan fingerprint density at radius 2 is 2.00 bits per heavy atom. The number of halogens is 1. The molecule has 1 aromatic rings. The number of piperidine rings is 1. The van der Waals surface area contributed by atoms with E-state index in [0.29, 0.717) is 12.0 Å². The van der Waals surface area contributed by atoms with Gasteiger partial charge in [-0.1, -0.05) is 0 Å². The number of aryl methyl sites for hydroxylation is 2. The van der Waals surface area contributed by atoms with Crippen molar-refractivity contribution < 1.29 is 4.74 Å². The SMILES string of the molecule is Cc1cnc(C)c(OC2CCNCC2)n1.Cl. The molecular weight excluding hydrogens is 226 g/mol. The van der Waals surface area contributed by atoms with Crippen molar-refractivity contribution in [2.24, 2.45) is 0 Å². The first-order valence-corrected chi connectivity index (χ1v) is 5.43. The molecule has 16 heavy (non-hydrogen) atoms. The van der Waals surface area contributed by atoms with Crippen molar-refractivity contribution in [1.29, 1.82) is 0 Å². The van der Waals surface area contributed by atoms with Crippen molar-refractivity contribution >= 4 is 12.4 Å². The van der Waals surface area contributed by atoms with Gasteiger partial charge in [-0.25, -0.2) is 4.98 Å². The van der Waals surface area contributed by atoms with Crippen molar-refractivity contribution in [2.45, 2.75) is 32.8 Å². The smallest absolute Gasteiger partial charge is 0.235 e. The van der Waals surface area contributed by atoms with Gasteiger partial charge in [-0.05, 0) is 39.8 Å². The molecule has 0 atom stereocenters. The molecule has 0 spiro atoms. The van der Waals surface area contributed by atoms with Crippen LogP contribution in [0, 0.1) is 13.8 Å². The van der Waals surface area contributed by atoms with Gasteiger partial charge >= 0.3 is 0 Å². The molecule has 1 N–H and O–H groups in total.